The Balaban J connectivity index is 1.84. The molecule has 0 saturated carbocycles. The van der Waals surface area contributed by atoms with Crippen LogP contribution in [0.4, 0.5) is 0 Å². The molecule has 7 heteroatoms. The summed E-state index contributed by atoms with van der Waals surface area (Å²) in [4.78, 5) is 24.7. The maximum atomic E-state index is 12.8. The number of rotatable bonds is 10. The van der Waals surface area contributed by atoms with Crippen LogP contribution in [0.5, 0.6) is 17.2 Å². The zero-order chi connectivity index (χ0) is 25.6. The van der Waals surface area contributed by atoms with E-state index in [1.54, 1.807) is 20.8 Å². The molecule has 0 saturated heterocycles. The number of benzene rings is 2. The van der Waals surface area contributed by atoms with E-state index >= 15 is 0 Å². The second-order valence-electron chi connectivity index (χ2n) is 10.5. The molecule has 35 heavy (non-hydrogen) atoms. The lowest BCUT2D eigenvalue weighted by Crippen LogP contribution is -2.54. The number of hydrogen-bond donors (Lipinski definition) is 1. The molecular formula is C28H37NO6. The number of hydrogen-bond acceptors (Lipinski definition) is 7. The Hall–Kier alpha value is -3.06. The van der Waals surface area contributed by atoms with Crippen molar-refractivity contribution in [3.63, 3.8) is 0 Å². The predicted octanol–water partition coefficient (Wildman–Crippen LogP) is 4.48. The van der Waals surface area contributed by atoms with Gasteiger partial charge in [0.25, 0.3) is 0 Å². The lowest BCUT2D eigenvalue weighted by atomic mass is 9.79. The van der Waals surface area contributed by atoms with Crippen LogP contribution in [0.3, 0.4) is 0 Å². The molecule has 0 aromatic heterocycles. The van der Waals surface area contributed by atoms with Crippen LogP contribution in [0.25, 0.3) is 0 Å². The standard InChI is InChI=1S/C28H37NO6/c1-19(2)22(16-28(29,18-30)26(31)35-27(3,4)5)13-21-14-23-25(33-12-11-32-23)24(15-21)34-17-20-9-7-6-8-10-20/h6-10,14-15,18-19,22H,11-13,16-17,29H2,1-5H3/t22-,28-/m0/s1. The molecule has 3 rings (SSSR count). The molecule has 0 unspecified atom stereocenters. The van der Waals surface area contributed by atoms with Crippen LogP contribution >= 0.6 is 0 Å². The Labute approximate surface area is 207 Å². The van der Waals surface area contributed by atoms with Gasteiger partial charge in [0.15, 0.2) is 23.3 Å². The summed E-state index contributed by atoms with van der Waals surface area (Å²) in [7, 11) is 0. The SMILES string of the molecule is CC(C)[C@@H](Cc1cc2c(c(OCc3ccccc3)c1)OCCO2)C[C@](N)(C=O)C(=O)OC(C)(C)C. The van der Waals surface area contributed by atoms with Crippen LogP contribution in [-0.4, -0.2) is 36.6 Å². The second-order valence-corrected chi connectivity index (χ2v) is 10.5. The van der Waals surface area contributed by atoms with Gasteiger partial charge in [0.05, 0.1) is 0 Å². The predicted molar refractivity (Wildman–Crippen MR) is 134 cm³/mol. The number of carbonyl (C=O) groups is 2. The molecule has 0 spiro atoms. The zero-order valence-corrected chi connectivity index (χ0v) is 21.3. The van der Waals surface area contributed by atoms with Crippen molar-refractivity contribution >= 4 is 12.3 Å². The van der Waals surface area contributed by atoms with Crippen molar-refractivity contribution in [2.45, 2.75) is 65.2 Å². The van der Waals surface area contributed by atoms with Gasteiger partial charge in [-0.25, -0.2) is 4.79 Å². The van der Waals surface area contributed by atoms with Gasteiger partial charge in [-0.2, -0.15) is 0 Å². The van der Waals surface area contributed by atoms with Crippen LogP contribution in [0, 0.1) is 11.8 Å². The Bertz CT molecular complexity index is 1010. The first kappa shape index (κ1) is 26.5. The van der Waals surface area contributed by atoms with E-state index in [1.165, 1.54) is 0 Å². The minimum Gasteiger partial charge on any atom is -0.486 e. The van der Waals surface area contributed by atoms with E-state index in [2.05, 4.69) is 13.8 Å². The molecule has 0 fully saturated rings. The molecule has 0 radical (unpaired) electrons. The lowest BCUT2D eigenvalue weighted by molar-refractivity contribution is -0.163. The molecule has 2 atom stereocenters. The summed E-state index contributed by atoms with van der Waals surface area (Å²) in [5.41, 5.74) is 5.82. The van der Waals surface area contributed by atoms with Gasteiger partial charge in [-0.1, -0.05) is 44.2 Å². The van der Waals surface area contributed by atoms with E-state index in [-0.39, 0.29) is 18.3 Å². The first-order valence-electron chi connectivity index (χ1n) is 12.1. The first-order chi connectivity index (χ1) is 16.5. The average molecular weight is 484 g/mol. The number of ether oxygens (including phenoxy) is 4. The van der Waals surface area contributed by atoms with Gasteiger partial charge in [-0.05, 0) is 68.7 Å². The summed E-state index contributed by atoms with van der Waals surface area (Å²) < 4.78 is 23.3. The molecule has 0 amide bonds. The summed E-state index contributed by atoms with van der Waals surface area (Å²) in [6.45, 7) is 10.7. The topological polar surface area (TPSA) is 97.1 Å². The highest BCUT2D eigenvalue weighted by Crippen LogP contribution is 2.42. The Kier molecular flexibility index (Phi) is 8.43. The van der Waals surface area contributed by atoms with E-state index in [0.29, 0.717) is 49.8 Å². The minimum atomic E-state index is -1.72. The van der Waals surface area contributed by atoms with Crippen molar-refractivity contribution < 1.29 is 28.5 Å². The molecule has 190 valence electrons. The van der Waals surface area contributed by atoms with Gasteiger partial charge in [-0.3, -0.25) is 0 Å². The fourth-order valence-electron chi connectivity index (χ4n) is 3.97. The molecule has 0 aliphatic carbocycles. The largest absolute Gasteiger partial charge is 0.486 e. The van der Waals surface area contributed by atoms with Crippen LogP contribution in [0.1, 0.15) is 52.2 Å². The van der Waals surface area contributed by atoms with Gasteiger partial charge in [0.1, 0.15) is 25.4 Å². The quantitative estimate of drug-likeness (QED) is 0.302. The fourth-order valence-corrected chi connectivity index (χ4v) is 3.97. The first-order valence-corrected chi connectivity index (χ1v) is 12.1. The second kappa shape index (κ2) is 11.1. The Morgan fingerprint density at radius 1 is 1.09 bits per heavy atom. The van der Waals surface area contributed by atoms with E-state index < -0.39 is 17.1 Å². The highest BCUT2D eigenvalue weighted by atomic mass is 16.6. The van der Waals surface area contributed by atoms with Gasteiger partial charge in [0, 0.05) is 0 Å². The van der Waals surface area contributed by atoms with Crippen molar-refractivity contribution in [3.8, 4) is 17.2 Å². The summed E-state index contributed by atoms with van der Waals surface area (Å²) in [6, 6.07) is 13.8. The fraction of sp³-hybridized carbons (Fsp3) is 0.500. The number of fused-ring (bicyclic) bond motifs is 1. The smallest absolute Gasteiger partial charge is 0.334 e. The van der Waals surface area contributed by atoms with Crippen molar-refractivity contribution in [2.24, 2.45) is 17.6 Å². The third kappa shape index (κ3) is 7.21. The molecule has 2 N–H and O–H groups in total. The van der Waals surface area contributed by atoms with Crippen molar-refractivity contribution in [3.05, 3.63) is 53.6 Å². The van der Waals surface area contributed by atoms with Crippen LogP contribution in [-0.2, 0) is 27.4 Å². The number of esters is 1. The maximum absolute atomic E-state index is 12.8. The Morgan fingerprint density at radius 3 is 2.40 bits per heavy atom. The third-order valence-electron chi connectivity index (χ3n) is 5.93. The molecule has 1 aliphatic heterocycles. The van der Waals surface area contributed by atoms with Gasteiger partial charge >= 0.3 is 5.97 Å². The maximum Gasteiger partial charge on any atom is 0.334 e. The van der Waals surface area contributed by atoms with Crippen LogP contribution < -0.4 is 19.9 Å². The van der Waals surface area contributed by atoms with Gasteiger partial charge in [0.2, 0.25) is 5.75 Å². The highest BCUT2D eigenvalue weighted by Gasteiger charge is 2.40. The minimum absolute atomic E-state index is 0.0674. The summed E-state index contributed by atoms with van der Waals surface area (Å²) in [5, 5.41) is 0. The Morgan fingerprint density at radius 2 is 1.77 bits per heavy atom. The lowest BCUT2D eigenvalue weighted by Gasteiger charge is -2.32. The normalized spacial score (nSPS) is 15.7. The average Bonchev–Trinajstić information content (AvgIpc) is 2.81. The van der Waals surface area contributed by atoms with Crippen molar-refractivity contribution in [2.75, 3.05) is 13.2 Å². The van der Waals surface area contributed by atoms with Crippen LogP contribution in [0.2, 0.25) is 0 Å². The number of carbonyl (C=O) groups excluding carboxylic acids is 2. The monoisotopic (exact) mass is 483 g/mol. The van der Waals surface area contributed by atoms with E-state index in [9.17, 15) is 9.59 Å². The molecule has 2 aromatic carbocycles. The number of nitrogens with two attached hydrogens (primary N) is 1. The van der Waals surface area contributed by atoms with E-state index in [1.807, 2.05) is 42.5 Å². The highest BCUT2D eigenvalue weighted by molar-refractivity contribution is 5.98. The number of aldehydes is 1. The zero-order valence-electron chi connectivity index (χ0n) is 21.3. The van der Waals surface area contributed by atoms with Crippen LogP contribution in [0.15, 0.2) is 42.5 Å². The van der Waals surface area contributed by atoms with Crippen molar-refractivity contribution in [1.82, 2.24) is 0 Å². The van der Waals surface area contributed by atoms with E-state index in [4.69, 9.17) is 24.7 Å². The summed E-state index contributed by atoms with van der Waals surface area (Å²) in [6.07, 6.45) is 1.25. The molecule has 1 heterocycles. The van der Waals surface area contributed by atoms with Gasteiger partial charge in [-0.15, -0.1) is 0 Å². The molecular weight excluding hydrogens is 446 g/mol. The van der Waals surface area contributed by atoms with Crippen molar-refractivity contribution in [1.29, 1.82) is 0 Å². The molecule has 1 aliphatic rings. The summed E-state index contributed by atoms with van der Waals surface area (Å²) >= 11 is 0. The van der Waals surface area contributed by atoms with Gasteiger partial charge < -0.3 is 29.5 Å². The van der Waals surface area contributed by atoms with E-state index in [0.717, 1.165) is 11.1 Å². The molecule has 7 nitrogen and oxygen atoms in total. The summed E-state index contributed by atoms with van der Waals surface area (Å²) in [5.74, 6) is 1.20. The third-order valence-corrected chi connectivity index (χ3v) is 5.93. The molecule has 2 aromatic rings. The molecule has 0 bridgehead atoms.